The Labute approximate surface area is 195 Å². The molecule has 0 aliphatic heterocycles. The van der Waals surface area contributed by atoms with E-state index in [-0.39, 0.29) is 16.6 Å². The highest BCUT2D eigenvalue weighted by Crippen LogP contribution is 2.29. The highest BCUT2D eigenvalue weighted by atomic mass is 32.2. The molecule has 3 aromatic rings. The van der Waals surface area contributed by atoms with E-state index in [1.807, 2.05) is 60.7 Å². The van der Waals surface area contributed by atoms with Crippen molar-refractivity contribution in [2.24, 2.45) is 0 Å². The van der Waals surface area contributed by atoms with Crippen LogP contribution < -0.4 is 14.2 Å². The Kier molecular flexibility index (Phi) is 8.08. The number of rotatable bonds is 10. The maximum atomic E-state index is 13.3. The molecule has 0 aliphatic carbocycles. The third kappa shape index (κ3) is 6.34. The first-order valence-corrected chi connectivity index (χ1v) is 11.9. The standard InChI is InChI=1S/C25H28N2O5S/c1-19(26-33(29,30)22-14-15-23(31-2)24(16-22)32-3)25(28)27(17-20-10-6-4-7-11-20)18-21-12-8-5-9-13-21/h4-16,19,26H,17-18H2,1-3H3/t19-/m0/s1. The number of amides is 1. The molecule has 1 N–H and O–H groups in total. The molecule has 1 atom stereocenters. The van der Waals surface area contributed by atoms with Crippen LogP contribution in [0.2, 0.25) is 0 Å². The minimum atomic E-state index is -3.97. The maximum Gasteiger partial charge on any atom is 0.241 e. The first-order chi connectivity index (χ1) is 15.8. The zero-order chi connectivity index (χ0) is 23.8. The van der Waals surface area contributed by atoms with Gasteiger partial charge in [0, 0.05) is 19.2 Å². The Morgan fingerprint density at radius 2 is 1.36 bits per heavy atom. The van der Waals surface area contributed by atoms with Gasteiger partial charge in [0.1, 0.15) is 0 Å². The number of sulfonamides is 1. The van der Waals surface area contributed by atoms with Crippen molar-refractivity contribution >= 4 is 15.9 Å². The van der Waals surface area contributed by atoms with E-state index in [0.29, 0.717) is 18.8 Å². The van der Waals surface area contributed by atoms with Gasteiger partial charge in [-0.3, -0.25) is 4.79 Å². The van der Waals surface area contributed by atoms with Crippen LogP contribution in [0.5, 0.6) is 11.5 Å². The molecule has 3 aromatic carbocycles. The second-order valence-electron chi connectivity index (χ2n) is 7.53. The van der Waals surface area contributed by atoms with Gasteiger partial charge in [0.15, 0.2) is 11.5 Å². The molecule has 0 aromatic heterocycles. The van der Waals surface area contributed by atoms with Crippen LogP contribution in [-0.2, 0) is 27.9 Å². The van der Waals surface area contributed by atoms with Crippen LogP contribution in [-0.4, -0.2) is 39.5 Å². The molecule has 8 heteroatoms. The number of methoxy groups -OCH3 is 2. The Bertz CT molecular complexity index is 1130. The molecule has 7 nitrogen and oxygen atoms in total. The van der Waals surface area contributed by atoms with Crippen LogP contribution >= 0.6 is 0 Å². The monoisotopic (exact) mass is 468 g/mol. The number of hydrogen-bond donors (Lipinski definition) is 1. The first kappa shape index (κ1) is 24.3. The lowest BCUT2D eigenvalue weighted by atomic mass is 10.1. The van der Waals surface area contributed by atoms with Crippen molar-refractivity contribution in [1.82, 2.24) is 9.62 Å². The molecule has 0 heterocycles. The summed E-state index contributed by atoms with van der Waals surface area (Å²) in [6.07, 6.45) is 0. The molecule has 0 radical (unpaired) electrons. The molecular formula is C25H28N2O5S. The quantitative estimate of drug-likeness (QED) is 0.492. The molecule has 0 aliphatic rings. The van der Waals surface area contributed by atoms with Crippen LogP contribution in [0.3, 0.4) is 0 Å². The highest BCUT2D eigenvalue weighted by Gasteiger charge is 2.27. The molecule has 33 heavy (non-hydrogen) atoms. The van der Waals surface area contributed by atoms with Gasteiger partial charge in [0.05, 0.1) is 25.2 Å². The summed E-state index contributed by atoms with van der Waals surface area (Å²) in [5.74, 6) is 0.373. The molecule has 3 rings (SSSR count). The van der Waals surface area contributed by atoms with Gasteiger partial charge in [-0.25, -0.2) is 8.42 Å². The molecule has 0 spiro atoms. The predicted octanol–water partition coefficient (Wildman–Crippen LogP) is 3.60. The van der Waals surface area contributed by atoms with Crippen LogP contribution in [0.15, 0.2) is 83.8 Å². The third-order valence-electron chi connectivity index (χ3n) is 5.11. The summed E-state index contributed by atoms with van der Waals surface area (Å²) in [6, 6.07) is 22.5. The van der Waals surface area contributed by atoms with E-state index < -0.39 is 16.1 Å². The molecule has 0 unspecified atom stereocenters. The zero-order valence-corrected chi connectivity index (χ0v) is 19.7. The van der Waals surface area contributed by atoms with Gasteiger partial charge in [0.2, 0.25) is 15.9 Å². The van der Waals surface area contributed by atoms with Gasteiger partial charge >= 0.3 is 0 Å². The van der Waals surface area contributed by atoms with E-state index in [4.69, 9.17) is 9.47 Å². The number of benzene rings is 3. The number of nitrogens with zero attached hydrogens (tertiary/aromatic N) is 1. The minimum Gasteiger partial charge on any atom is -0.493 e. The summed E-state index contributed by atoms with van der Waals surface area (Å²) in [5.41, 5.74) is 1.91. The number of carbonyl (C=O) groups excluding carboxylic acids is 1. The summed E-state index contributed by atoms with van der Waals surface area (Å²) < 4.78 is 38.8. The second kappa shape index (κ2) is 11.0. The number of ether oxygens (including phenoxy) is 2. The Morgan fingerprint density at radius 3 is 1.85 bits per heavy atom. The van der Waals surface area contributed by atoms with Gasteiger partial charge in [-0.15, -0.1) is 0 Å². The van der Waals surface area contributed by atoms with Crippen molar-refractivity contribution in [2.45, 2.75) is 31.0 Å². The van der Waals surface area contributed by atoms with Crippen molar-refractivity contribution < 1.29 is 22.7 Å². The van der Waals surface area contributed by atoms with Gasteiger partial charge in [-0.1, -0.05) is 60.7 Å². The van der Waals surface area contributed by atoms with Crippen molar-refractivity contribution in [3.8, 4) is 11.5 Å². The Balaban J connectivity index is 1.81. The lowest BCUT2D eigenvalue weighted by molar-refractivity contribution is -0.133. The van der Waals surface area contributed by atoms with E-state index in [1.54, 1.807) is 11.8 Å². The summed E-state index contributed by atoms with van der Waals surface area (Å²) in [6.45, 7) is 2.26. The van der Waals surface area contributed by atoms with Crippen LogP contribution in [0.25, 0.3) is 0 Å². The van der Waals surface area contributed by atoms with Gasteiger partial charge in [-0.2, -0.15) is 4.72 Å². The van der Waals surface area contributed by atoms with Crippen LogP contribution in [0.4, 0.5) is 0 Å². The smallest absolute Gasteiger partial charge is 0.241 e. The molecule has 1 amide bonds. The molecule has 174 valence electrons. The summed E-state index contributed by atoms with van der Waals surface area (Å²) in [4.78, 5) is 15.0. The minimum absolute atomic E-state index is 0.0162. The van der Waals surface area contributed by atoms with Gasteiger partial charge in [-0.05, 0) is 30.2 Å². The van der Waals surface area contributed by atoms with E-state index in [2.05, 4.69) is 4.72 Å². The van der Waals surface area contributed by atoms with Crippen LogP contribution in [0.1, 0.15) is 18.1 Å². The fourth-order valence-electron chi connectivity index (χ4n) is 3.43. The van der Waals surface area contributed by atoms with E-state index in [0.717, 1.165) is 11.1 Å². The SMILES string of the molecule is COc1ccc(S(=O)(=O)N[C@@H](C)C(=O)N(Cc2ccccc2)Cc2ccccc2)cc1OC. The van der Waals surface area contributed by atoms with Crippen LogP contribution in [0, 0.1) is 0 Å². The number of carbonyl (C=O) groups is 1. The van der Waals surface area contributed by atoms with Crippen molar-refractivity contribution in [2.75, 3.05) is 14.2 Å². The predicted molar refractivity (Wildman–Crippen MR) is 126 cm³/mol. The Morgan fingerprint density at radius 1 is 0.848 bits per heavy atom. The lowest BCUT2D eigenvalue weighted by Gasteiger charge is -2.26. The fourth-order valence-corrected chi connectivity index (χ4v) is 4.64. The zero-order valence-electron chi connectivity index (χ0n) is 18.9. The van der Waals surface area contributed by atoms with Crippen molar-refractivity contribution in [3.05, 3.63) is 90.0 Å². The highest BCUT2D eigenvalue weighted by molar-refractivity contribution is 7.89. The summed E-state index contributed by atoms with van der Waals surface area (Å²) in [5, 5.41) is 0. The molecular weight excluding hydrogens is 440 g/mol. The number of nitrogens with one attached hydrogen (secondary N) is 1. The van der Waals surface area contributed by atoms with Gasteiger partial charge < -0.3 is 14.4 Å². The van der Waals surface area contributed by atoms with Crippen molar-refractivity contribution in [1.29, 1.82) is 0 Å². The summed E-state index contributed by atoms with van der Waals surface area (Å²) in [7, 11) is -1.07. The molecule has 0 saturated carbocycles. The second-order valence-corrected chi connectivity index (χ2v) is 9.24. The largest absolute Gasteiger partial charge is 0.493 e. The topological polar surface area (TPSA) is 84.9 Å². The molecule has 0 saturated heterocycles. The third-order valence-corrected chi connectivity index (χ3v) is 6.65. The summed E-state index contributed by atoms with van der Waals surface area (Å²) >= 11 is 0. The normalized spacial score (nSPS) is 12.1. The molecule has 0 bridgehead atoms. The van der Waals surface area contributed by atoms with E-state index >= 15 is 0 Å². The first-order valence-electron chi connectivity index (χ1n) is 10.4. The average molecular weight is 469 g/mol. The van der Waals surface area contributed by atoms with E-state index in [9.17, 15) is 13.2 Å². The number of hydrogen-bond acceptors (Lipinski definition) is 5. The average Bonchev–Trinajstić information content (AvgIpc) is 2.83. The van der Waals surface area contributed by atoms with Crippen molar-refractivity contribution in [3.63, 3.8) is 0 Å². The Hall–Kier alpha value is -3.36. The van der Waals surface area contributed by atoms with Gasteiger partial charge in [0.25, 0.3) is 0 Å². The molecule has 0 fully saturated rings. The maximum absolute atomic E-state index is 13.3. The lowest BCUT2D eigenvalue weighted by Crippen LogP contribution is -2.46. The fraction of sp³-hybridized carbons (Fsp3) is 0.240. The van der Waals surface area contributed by atoms with E-state index in [1.165, 1.54) is 32.4 Å².